The maximum atomic E-state index is 11.6. The predicted octanol–water partition coefficient (Wildman–Crippen LogP) is 1.25. The molecule has 0 bridgehead atoms. The van der Waals surface area contributed by atoms with Crippen LogP contribution >= 0.6 is 11.6 Å². The average Bonchev–Trinajstić information content (AvgIpc) is 2.50. The number of carbonyl (C=O) groups excluding carboxylic acids is 2. The molecule has 84 valence electrons. The second-order valence-corrected chi connectivity index (χ2v) is 3.96. The van der Waals surface area contributed by atoms with E-state index in [-0.39, 0.29) is 6.61 Å². The van der Waals surface area contributed by atoms with Crippen LogP contribution in [-0.2, 0) is 4.79 Å². The van der Waals surface area contributed by atoms with Crippen LogP contribution in [0.4, 0.5) is 5.69 Å². The van der Waals surface area contributed by atoms with Crippen LogP contribution in [0.5, 0.6) is 0 Å². The summed E-state index contributed by atoms with van der Waals surface area (Å²) in [6.45, 7) is 0.308. The van der Waals surface area contributed by atoms with Crippen molar-refractivity contribution >= 4 is 29.0 Å². The number of halogens is 1. The lowest BCUT2D eigenvalue weighted by Gasteiger charge is -2.15. The summed E-state index contributed by atoms with van der Waals surface area (Å²) in [5, 5.41) is 9.21. The Kier molecular flexibility index (Phi) is 2.94. The number of hydrogen-bond acceptors (Lipinski definition) is 3. The molecule has 0 radical (unpaired) electrons. The van der Waals surface area contributed by atoms with E-state index in [1.165, 1.54) is 4.90 Å². The van der Waals surface area contributed by atoms with Crippen LogP contribution in [0.3, 0.4) is 0 Å². The largest absolute Gasteiger partial charge is 0.396 e. The summed E-state index contributed by atoms with van der Waals surface area (Å²) in [4.78, 5) is 24.6. The van der Waals surface area contributed by atoms with Crippen molar-refractivity contribution in [1.82, 2.24) is 0 Å². The first-order valence-electron chi connectivity index (χ1n) is 4.91. The third kappa shape index (κ3) is 1.70. The Hall–Kier alpha value is -1.39. The molecule has 0 fully saturated rings. The molecule has 0 saturated carbocycles. The predicted molar refractivity (Wildman–Crippen MR) is 59.8 cm³/mol. The third-order valence-corrected chi connectivity index (χ3v) is 2.71. The van der Waals surface area contributed by atoms with E-state index in [2.05, 4.69) is 0 Å². The Morgan fingerprint density at radius 3 is 2.75 bits per heavy atom. The molecule has 1 aromatic carbocycles. The van der Waals surface area contributed by atoms with Crippen molar-refractivity contribution in [2.45, 2.75) is 6.42 Å². The van der Waals surface area contributed by atoms with E-state index >= 15 is 0 Å². The van der Waals surface area contributed by atoms with Gasteiger partial charge in [-0.05, 0) is 24.6 Å². The van der Waals surface area contributed by atoms with Crippen LogP contribution in [0.25, 0.3) is 0 Å². The van der Waals surface area contributed by atoms with Crippen LogP contribution in [0.15, 0.2) is 18.2 Å². The Morgan fingerprint density at radius 2 is 2.06 bits per heavy atom. The number of carbonyl (C=O) groups is 2. The number of aliphatic hydroxyl groups is 1. The van der Waals surface area contributed by atoms with E-state index in [0.717, 1.165) is 0 Å². The van der Waals surface area contributed by atoms with Gasteiger partial charge in [0.1, 0.15) is 0 Å². The normalized spacial score (nSPS) is 14.5. The van der Waals surface area contributed by atoms with Crippen LogP contribution < -0.4 is 4.90 Å². The maximum Gasteiger partial charge on any atom is 0.299 e. The molecule has 1 N–H and O–H groups in total. The van der Waals surface area contributed by atoms with Gasteiger partial charge in [0.2, 0.25) is 0 Å². The van der Waals surface area contributed by atoms with Gasteiger partial charge in [-0.15, -0.1) is 0 Å². The molecule has 0 unspecified atom stereocenters. The number of fused-ring (bicyclic) bond motifs is 1. The molecule has 0 aliphatic carbocycles. The van der Waals surface area contributed by atoms with Crippen molar-refractivity contribution < 1.29 is 14.7 Å². The number of amides is 1. The van der Waals surface area contributed by atoms with Gasteiger partial charge in [0, 0.05) is 18.2 Å². The van der Waals surface area contributed by atoms with Gasteiger partial charge in [-0.25, -0.2) is 0 Å². The van der Waals surface area contributed by atoms with Crippen molar-refractivity contribution in [3.05, 3.63) is 28.8 Å². The summed E-state index contributed by atoms with van der Waals surface area (Å²) in [6.07, 6.45) is 0.435. The standard InChI is InChI=1S/C11H10ClNO3/c12-7-2-3-8-9(6-7)13(4-1-5-14)11(16)10(8)15/h2-3,6,14H,1,4-5H2. The second-order valence-electron chi connectivity index (χ2n) is 3.52. The molecule has 0 saturated heterocycles. The van der Waals surface area contributed by atoms with Crippen molar-refractivity contribution in [2.24, 2.45) is 0 Å². The van der Waals surface area contributed by atoms with Crippen LogP contribution in [0, 0.1) is 0 Å². The molecular weight excluding hydrogens is 230 g/mol. The van der Waals surface area contributed by atoms with Crippen molar-refractivity contribution in [3.8, 4) is 0 Å². The number of benzene rings is 1. The Morgan fingerprint density at radius 1 is 1.31 bits per heavy atom. The molecular formula is C11H10ClNO3. The highest BCUT2D eigenvalue weighted by molar-refractivity contribution is 6.52. The fourth-order valence-corrected chi connectivity index (χ4v) is 1.88. The SMILES string of the molecule is O=C1C(=O)N(CCCO)c2cc(Cl)ccc21. The molecule has 2 rings (SSSR count). The molecule has 0 spiro atoms. The van der Waals surface area contributed by atoms with Gasteiger partial charge in [-0.1, -0.05) is 11.6 Å². The molecule has 0 aromatic heterocycles. The number of nitrogens with zero attached hydrogens (tertiary/aromatic N) is 1. The van der Waals surface area contributed by atoms with Crippen molar-refractivity contribution in [3.63, 3.8) is 0 Å². The zero-order chi connectivity index (χ0) is 11.7. The number of hydrogen-bond donors (Lipinski definition) is 1. The quantitative estimate of drug-likeness (QED) is 0.808. The lowest BCUT2D eigenvalue weighted by atomic mass is 10.1. The Labute approximate surface area is 97.4 Å². The smallest absolute Gasteiger partial charge is 0.299 e. The van der Waals surface area contributed by atoms with E-state index in [1.54, 1.807) is 18.2 Å². The van der Waals surface area contributed by atoms with Gasteiger partial charge in [0.15, 0.2) is 0 Å². The molecule has 1 amide bonds. The summed E-state index contributed by atoms with van der Waals surface area (Å²) < 4.78 is 0. The fraction of sp³-hybridized carbons (Fsp3) is 0.273. The van der Waals surface area contributed by atoms with Gasteiger partial charge in [-0.3, -0.25) is 9.59 Å². The third-order valence-electron chi connectivity index (χ3n) is 2.47. The van der Waals surface area contributed by atoms with Crippen LogP contribution in [0.1, 0.15) is 16.8 Å². The highest BCUT2D eigenvalue weighted by Crippen LogP contribution is 2.31. The molecule has 5 heteroatoms. The first-order chi connectivity index (χ1) is 7.65. The maximum absolute atomic E-state index is 11.6. The van der Waals surface area contributed by atoms with E-state index in [4.69, 9.17) is 16.7 Å². The van der Waals surface area contributed by atoms with E-state index in [9.17, 15) is 9.59 Å². The summed E-state index contributed by atoms with van der Waals surface area (Å²) in [6, 6.07) is 4.73. The number of aliphatic hydroxyl groups excluding tert-OH is 1. The van der Waals surface area contributed by atoms with Gasteiger partial charge >= 0.3 is 0 Å². The first-order valence-corrected chi connectivity index (χ1v) is 5.29. The van der Waals surface area contributed by atoms with Gasteiger partial charge in [0.05, 0.1) is 11.3 Å². The monoisotopic (exact) mass is 239 g/mol. The van der Waals surface area contributed by atoms with Crippen molar-refractivity contribution in [2.75, 3.05) is 18.1 Å². The molecule has 1 aliphatic heterocycles. The Bertz CT molecular complexity index is 459. The molecule has 1 heterocycles. The second kappa shape index (κ2) is 4.23. The van der Waals surface area contributed by atoms with E-state index in [1.807, 2.05) is 0 Å². The minimum Gasteiger partial charge on any atom is -0.396 e. The molecule has 16 heavy (non-hydrogen) atoms. The van der Waals surface area contributed by atoms with Crippen LogP contribution in [-0.4, -0.2) is 29.9 Å². The van der Waals surface area contributed by atoms with E-state index < -0.39 is 11.7 Å². The van der Waals surface area contributed by atoms with Crippen LogP contribution in [0.2, 0.25) is 5.02 Å². The topological polar surface area (TPSA) is 57.6 Å². The highest BCUT2D eigenvalue weighted by Gasteiger charge is 2.35. The minimum absolute atomic E-state index is 0.0200. The van der Waals surface area contributed by atoms with Gasteiger partial charge in [-0.2, -0.15) is 0 Å². The van der Waals surface area contributed by atoms with E-state index in [0.29, 0.717) is 29.2 Å². The minimum atomic E-state index is -0.550. The lowest BCUT2D eigenvalue weighted by Crippen LogP contribution is -2.31. The zero-order valence-electron chi connectivity index (χ0n) is 8.44. The highest BCUT2D eigenvalue weighted by atomic mass is 35.5. The number of Topliss-reactive ketones (excluding diaryl/α,β-unsaturated/α-hetero) is 1. The molecule has 4 nitrogen and oxygen atoms in total. The molecule has 1 aromatic rings. The van der Waals surface area contributed by atoms with Crippen molar-refractivity contribution in [1.29, 1.82) is 0 Å². The molecule has 0 atom stereocenters. The fourth-order valence-electron chi connectivity index (χ4n) is 1.72. The van der Waals surface area contributed by atoms with Gasteiger partial charge < -0.3 is 10.0 Å². The van der Waals surface area contributed by atoms with Gasteiger partial charge in [0.25, 0.3) is 11.7 Å². The number of rotatable bonds is 3. The summed E-state index contributed by atoms with van der Waals surface area (Å²) in [7, 11) is 0. The lowest BCUT2D eigenvalue weighted by molar-refractivity contribution is -0.114. The summed E-state index contributed by atoms with van der Waals surface area (Å²) in [5.41, 5.74) is 0.920. The first kappa shape index (κ1) is 11.1. The number of anilines is 1. The average molecular weight is 240 g/mol. The number of ketones is 1. The summed E-state index contributed by atoms with van der Waals surface area (Å²) >= 11 is 5.82. The zero-order valence-corrected chi connectivity index (χ0v) is 9.20. The molecule has 1 aliphatic rings. The Balaban J connectivity index is 2.39. The summed E-state index contributed by atoms with van der Waals surface area (Å²) in [5.74, 6) is -1.06.